The second kappa shape index (κ2) is 6.73. The van der Waals surface area contributed by atoms with Gasteiger partial charge >= 0.3 is 0 Å². The second-order valence-electron chi connectivity index (χ2n) is 6.13. The Hall–Kier alpha value is -3.21. The van der Waals surface area contributed by atoms with Gasteiger partial charge in [-0.1, -0.05) is 42.5 Å². The minimum atomic E-state index is -0.135. The van der Waals surface area contributed by atoms with Crippen molar-refractivity contribution in [3.8, 4) is 0 Å². The van der Waals surface area contributed by atoms with E-state index in [2.05, 4.69) is 32.7 Å². The van der Waals surface area contributed by atoms with Gasteiger partial charge in [0, 0.05) is 24.1 Å². The molecule has 0 spiro atoms. The number of nitrogens with zero attached hydrogens (tertiary/aromatic N) is 2. The molecule has 1 amide bonds. The Balaban J connectivity index is 1.38. The van der Waals surface area contributed by atoms with Crippen LogP contribution in [0.15, 0.2) is 67.0 Å². The van der Waals surface area contributed by atoms with Crippen LogP contribution in [0.3, 0.4) is 0 Å². The number of aromatic nitrogens is 2. The summed E-state index contributed by atoms with van der Waals surface area (Å²) in [4.78, 5) is 20.9. The molecule has 0 radical (unpaired) electrons. The van der Waals surface area contributed by atoms with Crippen LogP contribution in [0, 0.1) is 0 Å². The Morgan fingerprint density at radius 2 is 1.48 bits per heavy atom. The van der Waals surface area contributed by atoms with Crippen LogP contribution in [-0.2, 0) is 12.8 Å². The minimum absolute atomic E-state index is 0.132. The van der Waals surface area contributed by atoms with Gasteiger partial charge in [-0.3, -0.25) is 4.79 Å². The number of hydrogen-bond acceptors (Lipinski definition) is 4. The molecule has 2 aromatic carbocycles. The van der Waals surface area contributed by atoms with Crippen molar-refractivity contribution in [3.63, 3.8) is 0 Å². The van der Waals surface area contributed by atoms with E-state index in [1.165, 1.54) is 11.1 Å². The number of anilines is 2. The van der Waals surface area contributed by atoms with Gasteiger partial charge in [0.2, 0.25) is 5.95 Å². The van der Waals surface area contributed by atoms with Gasteiger partial charge < -0.3 is 10.6 Å². The molecule has 0 atom stereocenters. The summed E-state index contributed by atoms with van der Waals surface area (Å²) in [5, 5.41) is 6.17. The van der Waals surface area contributed by atoms with Gasteiger partial charge in [-0.25, -0.2) is 9.97 Å². The lowest BCUT2D eigenvalue weighted by Gasteiger charge is -2.12. The first-order valence-electron chi connectivity index (χ1n) is 8.30. The number of para-hydroxylation sites is 1. The van der Waals surface area contributed by atoms with Crippen LogP contribution in [0.5, 0.6) is 0 Å². The van der Waals surface area contributed by atoms with Crippen LogP contribution in [0.25, 0.3) is 0 Å². The number of carbonyl (C=O) groups excluding carboxylic acids is 1. The molecule has 5 heteroatoms. The molecule has 0 saturated carbocycles. The summed E-state index contributed by atoms with van der Waals surface area (Å²) in [6.07, 6.45) is 4.85. The van der Waals surface area contributed by atoms with Crippen molar-refractivity contribution >= 4 is 17.5 Å². The molecule has 1 aliphatic rings. The topological polar surface area (TPSA) is 66.9 Å². The molecule has 124 valence electrons. The third-order valence-corrected chi connectivity index (χ3v) is 4.33. The molecule has 5 nitrogen and oxygen atoms in total. The molecule has 0 bridgehead atoms. The van der Waals surface area contributed by atoms with Crippen LogP contribution in [0.1, 0.15) is 21.5 Å². The lowest BCUT2D eigenvalue weighted by molar-refractivity contribution is 0.0938. The van der Waals surface area contributed by atoms with Gasteiger partial charge in [0.1, 0.15) is 0 Å². The van der Waals surface area contributed by atoms with Gasteiger partial charge in [-0.05, 0) is 36.1 Å². The van der Waals surface area contributed by atoms with Crippen molar-refractivity contribution in [2.24, 2.45) is 0 Å². The third-order valence-electron chi connectivity index (χ3n) is 4.33. The summed E-state index contributed by atoms with van der Waals surface area (Å²) in [6.45, 7) is 0. The van der Waals surface area contributed by atoms with E-state index in [0.717, 1.165) is 18.5 Å². The van der Waals surface area contributed by atoms with E-state index in [9.17, 15) is 4.79 Å². The van der Waals surface area contributed by atoms with Gasteiger partial charge in [-0.2, -0.15) is 0 Å². The highest BCUT2D eigenvalue weighted by Crippen LogP contribution is 2.21. The highest BCUT2D eigenvalue weighted by molar-refractivity contribution is 5.94. The van der Waals surface area contributed by atoms with E-state index in [1.807, 2.05) is 42.5 Å². The maximum absolute atomic E-state index is 12.4. The lowest BCUT2D eigenvalue weighted by atomic mass is 10.1. The van der Waals surface area contributed by atoms with Gasteiger partial charge in [0.25, 0.3) is 5.91 Å². The van der Waals surface area contributed by atoms with Crippen molar-refractivity contribution in [2.75, 3.05) is 5.32 Å². The Morgan fingerprint density at radius 1 is 0.880 bits per heavy atom. The molecule has 2 N–H and O–H groups in total. The van der Waals surface area contributed by atoms with Crippen LogP contribution < -0.4 is 10.6 Å². The van der Waals surface area contributed by atoms with E-state index in [1.54, 1.807) is 12.4 Å². The summed E-state index contributed by atoms with van der Waals surface area (Å²) in [5.41, 5.74) is 4.00. The molecular formula is C20H18N4O. The molecule has 1 aliphatic carbocycles. The number of fused-ring (bicyclic) bond motifs is 1. The number of benzene rings is 2. The van der Waals surface area contributed by atoms with Crippen LogP contribution in [0.2, 0.25) is 0 Å². The standard InChI is InChI=1S/C20H18N4O/c25-19(23-18-10-14-6-4-5-7-15(14)11-18)16-12-21-20(22-13-16)24-17-8-2-1-3-9-17/h1-9,12-13,18H,10-11H2,(H,23,25)(H,21,22,24). The van der Waals surface area contributed by atoms with E-state index >= 15 is 0 Å². The zero-order chi connectivity index (χ0) is 17.1. The van der Waals surface area contributed by atoms with Crippen molar-refractivity contribution in [1.29, 1.82) is 0 Å². The molecule has 0 saturated heterocycles. The maximum Gasteiger partial charge on any atom is 0.254 e. The predicted molar refractivity (Wildman–Crippen MR) is 96.9 cm³/mol. The normalized spacial score (nSPS) is 13.3. The monoisotopic (exact) mass is 330 g/mol. The maximum atomic E-state index is 12.4. The average Bonchev–Trinajstić information content (AvgIpc) is 3.05. The molecule has 0 aliphatic heterocycles. The number of hydrogen-bond donors (Lipinski definition) is 2. The molecule has 3 aromatic rings. The first kappa shape index (κ1) is 15.3. The van der Waals surface area contributed by atoms with Crippen LogP contribution in [0.4, 0.5) is 11.6 Å². The first-order valence-corrected chi connectivity index (χ1v) is 8.30. The van der Waals surface area contributed by atoms with E-state index in [0.29, 0.717) is 11.5 Å². The second-order valence-corrected chi connectivity index (χ2v) is 6.13. The van der Waals surface area contributed by atoms with Gasteiger partial charge in [0.15, 0.2) is 0 Å². The molecule has 0 unspecified atom stereocenters. The Bertz CT molecular complexity index is 853. The van der Waals surface area contributed by atoms with Crippen LogP contribution >= 0.6 is 0 Å². The highest BCUT2D eigenvalue weighted by atomic mass is 16.1. The van der Waals surface area contributed by atoms with E-state index in [4.69, 9.17) is 0 Å². The SMILES string of the molecule is O=C(NC1Cc2ccccc2C1)c1cnc(Nc2ccccc2)nc1. The summed E-state index contributed by atoms with van der Waals surface area (Å²) in [6, 6.07) is 18.1. The fraction of sp³-hybridized carbons (Fsp3) is 0.150. The fourth-order valence-electron chi connectivity index (χ4n) is 3.09. The van der Waals surface area contributed by atoms with Crippen molar-refractivity contribution in [1.82, 2.24) is 15.3 Å². The van der Waals surface area contributed by atoms with Gasteiger partial charge in [-0.15, -0.1) is 0 Å². The molecule has 1 aromatic heterocycles. The zero-order valence-corrected chi connectivity index (χ0v) is 13.6. The molecular weight excluding hydrogens is 312 g/mol. The Kier molecular flexibility index (Phi) is 4.12. The summed E-state index contributed by atoms with van der Waals surface area (Å²) in [5.74, 6) is 0.333. The fourth-order valence-corrected chi connectivity index (χ4v) is 3.09. The average molecular weight is 330 g/mol. The highest BCUT2D eigenvalue weighted by Gasteiger charge is 2.23. The van der Waals surface area contributed by atoms with Crippen molar-refractivity contribution < 1.29 is 4.79 Å². The number of carbonyl (C=O) groups is 1. The Morgan fingerprint density at radius 3 is 2.12 bits per heavy atom. The van der Waals surface area contributed by atoms with Gasteiger partial charge in [0.05, 0.1) is 5.56 Å². The largest absolute Gasteiger partial charge is 0.349 e. The quantitative estimate of drug-likeness (QED) is 0.771. The smallest absolute Gasteiger partial charge is 0.254 e. The number of nitrogens with one attached hydrogen (secondary N) is 2. The lowest BCUT2D eigenvalue weighted by Crippen LogP contribution is -2.35. The first-order chi connectivity index (χ1) is 12.3. The van der Waals surface area contributed by atoms with Crippen LogP contribution in [-0.4, -0.2) is 21.9 Å². The predicted octanol–water partition coefficient (Wildman–Crippen LogP) is 3.12. The molecule has 4 rings (SSSR count). The van der Waals surface area contributed by atoms with Crippen molar-refractivity contribution in [3.05, 3.63) is 83.7 Å². The third kappa shape index (κ3) is 3.50. The molecule has 1 heterocycles. The molecule has 25 heavy (non-hydrogen) atoms. The zero-order valence-electron chi connectivity index (χ0n) is 13.6. The summed E-state index contributed by atoms with van der Waals surface area (Å²) >= 11 is 0. The van der Waals surface area contributed by atoms with E-state index < -0.39 is 0 Å². The summed E-state index contributed by atoms with van der Waals surface area (Å²) in [7, 11) is 0. The van der Waals surface area contributed by atoms with E-state index in [-0.39, 0.29) is 11.9 Å². The van der Waals surface area contributed by atoms with Crippen molar-refractivity contribution in [2.45, 2.75) is 18.9 Å². The number of rotatable bonds is 4. The molecule has 0 fully saturated rings. The summed E-state index contributed by atoms with van der Waals surface area (Å²) < 4.78 is 0. The number of amides is 1. The Labute approximate surface area is 146 Å². The minimum Gasteiger partial charge on any atom is -0.349 e.